The summed E-state index contributed by atoms with van der Waals surface area (Å²) in [7, 11) is -19.7. The summed E-state index contributed by atoms with van der Waals surface area (Å²) in [5.74, 6) is -1.08. The molecule has 0 fully saturated rings. The number of nitrogens with one attached hydrogen (secondary N) is 2. The molecule has 6 N–H and O–H groups in total. The lowest BCUT2D eigenvalue weighted by Gasteiger charge is -2.35. The second-order valence-electron chi connectivity index (χ2n) is 12.8. The number of hydrogen-bond acceptors (Lipinski definition) is 11. The molecule has 0 aromatic heterocycles. The van der Waals surface area contributed by atoms with E-state index in [9.17, 15) is 57.8 Å². The molecule has 0 atom stereocenters. The highest BCUT2D eigenvalue weighted by Gasteiger charge is 2.43. The number of benzene rings is 6. The van der Waals surface area contributed by atoms with Gasteiger partial charge < -0.3 is 20.8 Å². The van der Waals surface area contributed by atoms with Gasteiger partial charge in [-0.25, -0.2) is 30.2 Å². The number of phenolic OH excluding ortho intramolecular Hbond substituents is 2. The summed E-state index contributed by atoms with van der Waals surface area (Å²) in [6.07, 6.45) is 0. The van der Waals surface area contributed by atoms with Crippen molar-refractivity contribution < 1.29 is 57.8 Å². The van der Waals surface area contributed by atoms with Crippen LogP contribution in [0.4, 0.5) is 38.9 Å². The predicted molar refractivity (Wildman–Crippen MR) is 205 cm³/mol. The zero-order chi connectivity index (χ0) is 40.4. The molecule has 4 aliphatic rings. The largest absolute Gasteiger partial charge is 0.507 e. The molecule has 0 spiro atoms. The van der Waals surface area contributed by atoms with Crippen LogP contribution in [0, 0.1) is 13.8 Å². The van der Waals surface area contributed by atoms with Crippen molar-refractivity contribution >= 4 is 102 Å². The Bertz CT molecular complexity index is 3050. The Labute approximate surface area is 318 Å². The first kappa shape index (κ1) is 37.0. The van der Waals surface area contributed by atoms with E-state index in [1.54, 1.807) is 0 Å². The highest BCUT2D eigenvalue weighted by atomic mass is 32.2. The SMILES string of the molecule is Cc1c2ccc(c1NC(=O)Nc1c3ccc(c1C)N(c1c(S(=O)(=O)O)cc(O)c4ccccc14)S3(=O)=O)S(=O)(=O)N2c1c(S(=O)(=O)O)cc(O)c2ccccc12. The summed E-state index contributed by atoms with van der Waals surface area (Å²) in [6.45, 7) is 2.87. The summed E-state index contributed by atoms with van der Waals surface area (Å²) in [5, 5.41) is 26.1. The van der Waals surface area contributed by atoms with Gasteiger partial charge >= 0.3 is 6.03 Å². The number of phenols is 2. The highest BCUT2D eigenvalue weighted by Crippen LogP contribution is 2.53. The van der Waals surface area contributed by atoms with Crippen LogP contribution in [0.3, 0.4) is 0 Å². The van der Waals surface area contributed by atoms with E-state index in [1.807, 2.05) is 0 Å². The third-order valence-corrected chi connectivity index (χ3v) is 14.9. The average Bonchev–Trinajstić information content (AvgIpc) is 3.11. The standard InChI is InChI=1S/C35H26N4O13S4/c1-17-23-11-13-27(53(43,44)38(23)33-21-9-5-3-7-19(21)25(40)15-29(33)55(47,48)49)31(17)36-35(42)37-32-18(2)24-12-14-28(32)54(45,46)39(24)34-22-10-6-4-8-20(22)26(41)16-30(34)56(50,51)52/h3-16,40-41H,1-2H3,(H2,36,37,42)(H,47,48,49)(H,50,51,52). The summed E-state index contributed by atoms with van der Waals surface area (Å²) >= 11 is 0. The molecule has 4 heterocycles. The molecule has 0 saturated carbocycles. The molecule has 0 unspecified atom stereocenters. The van der Waals surface area contributed by atoms with Gasteiger partial charge in [-0.15, -0.1) is 0 Å². The molecule has 0 aliphatic carbocycles. The maximum Gasteiger partial charge on any atom is 0.323 e. The first-order valence-corrected chi connectivity index (χ1v) is 21.8. The molecular formula is C35H26N4O13S4. The maximum absolute atomic E-state index is 14.2. The van der Waals surface area contributed by atoms with Gasteiger partial charge in [0.15, 0.2) is 0 Å². The first-order chi connectivity index (χ1) is 26.2. The van der Waals surface area contributed by atoms with Crippen LogP contribution in [0.5, 0.6) is 11.5 Å². The normalized spacial score (nSPS) is 15.4. The average molecular weight is 839 g/mol. The van der Waals surface area contributed by atoms with Crippen molar-refractivity contribution in [2.45, 2.75) is 33.4 Å². The van der Waals surface area contributed by atoms with Crippen molar-refractivity contribution in [2.75, 3.05) is 19.2 Å². The summed E-state index contributed by atoms with van der Waals surface area (Å²) in [5.41, 5.74) is -1.42. The fourth-order valence-electron chi connectivity index (χ4n) is 7.17. The number of anilines is 6. The van der Waals surface area contributed by atoms with E-state index >= 15 is 0 Å². The number of carbonyl (C=O) groups excluding carboxylic acids is 1. The molecule has 0 radical (unpaired) electrons. The van der Waals surface area contributed by atoms with E-state index in [0.717, 1.165) is 24.3 Å². The van der Waals surface area contributed by atoms with Crippen molar-refractivity contribution in [3.63, 3.8) is 0 Å². The molecule has 2 amide bonds. The lowest BCUT2D eigenvalue weighted by Crippen LogP contribution is -2.36. The van der Waals surface area contributed by atoms with Crippen LogP contribution < -0.4 is 19.2 Å². The quantitative estimate of drug-likeness (QED) is 0.108. The van der Waals surface area contributed by atoms with Crippen molar-refractivity contribution in [3.8, 4) is 11.5 Å². The number of sulfonamides is 2. The van der Waals surface area contributed by atoms with E-state index in [2.05, 4.69) is 10.6 Å². The number of carbonyl (C=O) groups is 1. The Balaban J connectivity index is 1.21. The number of nitrogens with zero attached hydrogens (tertiary/aromatic N) is 2. The molecule has 21 heteroatoms. The van der Waals surface area contributed by atoms with Crippen molar-refractivity contribution in [1.29, 1.82) is 0 Å². The second-order valence-corrected chi connectivity index (χ2v) is 19.1. The number of rotatable bonds is 6. The molecule has 17 nitrogen and oxygen atoms in total. The fourth-order valence-corrected chi connectivity index (χ4v) is 12.3. The van der Waals surface area contributed by atoms with Gasteiger partial charge in [-0.2, -0.15) is 16.8 Å². The lowest BCUT2D eigenvalue weighted by atomic mass is 10.1. The topological polar surface area (TPSA) is 265 Å². The monoisotopic (exact) mass is 838 g/mol. The van der Waals surface area contributed by atoms with Crippen LogP contribution in [0.1, 0.15) is 11.1 Å². The van der Waals surface area contributed by atoms with Gasteiger partial charge in [0.25, 0.3) is 40.3 Å². The van der Waals surface area contributed by atoms with Gasteiger partial charge in [-0.1, -0.05) is 48.5 Å². The van der Waals surface area contributed by atoms with Crippen molar-refractivity contribution in [3.05, 3.63) is 96.1 Å². The minimum atomic E-state index is -5.12. The van der Waals surface area contributed by atoms with Gasteiger partial charge in [-0.05, 0) is 49.2 Å². The van der Waals surface area contributed by atoms with Crippen LogP contribution >= 0.6 is 0 Å². The van der Waals surface area contributed by atoms with E-state index in [-0.39, 0.29) is 55.4 Å². The molecule has 6 aromatic carbocycles. The van der Waals surface area contributed by atoms with Crippen LogP contribution in [0.2, 0.25) is 0 Å². The number of aromatic hydroxyl groups is 2. The molecular weight excluding hydrogens is 813 g/mol. The zero-order valence-corrected chi connectivity index (χ0v) is 31.8. The first-order valence-electron chi connectivity index (χ1n) is 16.1. The Morgan fingerprint density at radius 3 is 1.25 bits per heavy atom. The molecule has 56 heavy (non-hydrogen) atoms. The minimum Gasteiger partial charge on any atom is -0.507 e. The molecule has 4 aliphatic heterocycles. The number of amides is 2. The third-order valence-electron chi connectivity index (χ3n) is 9.63. The Kier molecular flexibility index (Phi) is 7.93. The van der Waals surface area contributed by atoms with E-state index < -0.39 is 88.8 Å². The lowest BCUT2D eigenvalue weighted by molar-refractivity contribution is 0.262. The Morgan fingerprint density at radius 2 is 0.911 bits per heavy atom. The number of fused-ring (bicyclic) bond motifs is 8. The van der Waals surface area contributed by atoms with Crippen LogP contribution in [0.25, 0.3) is 21.5 Å². The highest BCUT2D eigenvalue weighted by molar-refractivity contribution is 7.94. The van der Waals surface area contributed by atoms with E-state index in [0.29, 0.717) is 8.61 Å². The van der Waals surface area contributed by atoms with Crippen LogP contribution in [0.15, 0.2) is 105 Å². The third kappa shape index (κ3) is 5.27. The fraction of sp³-hybridized carbons (Fsp3) is 0.0571. The molecule has 288 valence electrons. The van der Waals surface area contributed by atoms with Crippen LogP contribution in [-0.4, -0.2) is 59.0 Å². The minimum absolute atomic E-state index is 0.0330. The van der Waals surface area contributed by atoms with E-state index in [1.165, 1.54) is 74.5 Å². The van der Waals surface area contributed by atoms with Gasteiger partial charge in [0.2, 0.25) is 0 Å². The Hall–Kier alpha value is -5.97. The summed E-state index contributed by atoms with van der Waals surface area (Å²) < 4.78 is 129. The molecule has 0 saturated heterocycles. The van der Waals surface area contributed by atoms with E-state index in [4.69, 9.17) is 0 Å². The zero-order valence-electron chi connectivity index (χ0n) is 28.6. The molecule has 4 bridgehead atoms. The predicted octanol–water partition coefficient (Wildman–Crippen LogP) is 5.84. The molecule has 6 aromatic rings. The van der Waals surface area contributed by atoms with Gasteiger partial charge in [0.05, 0.1) is 34.1 Å². The summed E-state index contributed by atoms with van der Waals surface area (Å²) in [6, 6.07) is 17.0. The number of urea groups is 1. The van der Waals surface area contributed by atoms with Gasteiger partial charge in [0, 0.05) is 33.7 Å². The number of hydrogen-bond donors (Lipinski definition) is 6. The molecule has 10 rings (SSSR count). The van der Waals surface area contributed by atoms with Gasteiger partial charge in [0.1, 0.15) is 31.1 Å². The van der Waals surface area contributed by atoms with Crippen molar-refractivity contribution in [2.24, 2.45) is 0 Å². The van der Waals surface area contributed by atoms with Crippen molar-refractivity contribution in [1.82, 2.24) is 0 Å². The second kappa shape index (κ2) is 12.0. The van der Waals surface area contributed by atoms with Crippen LogP contribution in [-0.2, 0) is 40.3 Å². The maximum atomic E-state index is 14.2. The smallest absolute Gasteiger partial charge is 0.323 e. The van der Waals surface area contributed by atoms with Gasteiger partial charge in [-0.3, -0.25) is 9.11 Å². The summed E-state index contributed by atoms with van der Waals surface area (Å²) in [4.78, 5) is 10.9. The Morgan fingerprint density at radius 1 is 0.571 bits per heavy atom.